The summed E-state index contributed by atoms with van der Waals surface area (Å²) in [6, 6.07) is 5.13. The van der Waals surface area contributed by atoms with Crippen molar-refractivity contribution in [2.75, 3.05) is 50.9 Å². The highest BCUT2D eigenvalue weighted by molar-refractivity contribution is 5.69. The molecular weight excluding hydrogens is 238 g/mol. The third-order valence-corrected chi connectivity index (χ3v) is 4.30. The normalized spacial score (nSPS) is 18.2. The minimum Gasteiger partial charge on any atom is -0.508 e. The van der Waals surface area contributed by atoms with E-state index in [1.54, 1.807) is 18.2 Å². The van der Waals surface area contributed by atoms with Gasteiger partial charge < -0.3 is 20.2 Å². The second-order valence-electron chi connectivity index (χ2n) is 6.02. The number of likely N-dealkylation sites (tertiary alicyclic amines) is 1. The van der Waals surface area contributed by atoms with Crippen molar-refractivity contribution in [1.29, 1.82) is 0 Å². The van der Waals surface area contributed by atoms with Gasteiger partial charge in [0.25, 0.3) is 0 Å². The summed E-state index contributed by atoms with van der Waals surface area (Å²) in [6.45, 7) is 4.66. The van der Waals surface area contributed by atoms with Crippen LogP contribution in [0.1, 0.15) is 19.3 Å². The maximum Gasteiger partial charge on any atom is 0.117 e. The highest BCUT2D eigenvalue weighted by Gasteiger charge is 2.24. The van der Waals surface area contributed by atoms with Gasteiger partial charge in [-0.25, -0.2) is 0 Å². The van der Waals surface area contributed by atoms with Crippen LogP contribution in [0.25, 0.3) is 0 Å². The van der Waals surface area contributed by atoms with Crippen LogP contribution in [0.2, 0.25) is 0 Å². The van der Waals surface area contributed by atoms with Gasteiger partial charge >= 0.3 is 0 Å². The molecule has 1 aliphatic heterocycles. The van der Waals surface area contributed by atoms with Crippen LogP contribution in [0.5, 0.6) is 5.75 Å². The Bertz CT molecular complexity index is 427. The number of anilines is 2. The van der Waals surface area contributed by atoms with Gasteiger partial charge in [0.1, 0.15) is 5.75 Å². The van der Waals surface area contributed by atoms with Crippen LogP contribution in [0.4, 0.5) is 11.4 Å². The van der Waals surface area contributed by atoms with Crippen LogP contribution in [0.3, 0.4) is 0 Å². The summed E-state index contributed by atoms with van der Waals surface area (Å²) in [5, 5.41) is 9.57. The molecule has 4 heteroatoms. The maximum atomic E-state index is 9.57. The number of likely N-dealkylation sites (N-methyl/N-ethyl adjacent to an activating group) is 2. The van der Waals surface area contributed by atoms with Gasteiger partial charge in [-0.3, -0.25) is 0 Å². The summed E-state index contributed by atoms with van der Waals surface area (Å²) < 4.78 is 1.16. The Morgan fingerprint density at radius 3 is 2.63 bits per heavy atom. The number of hydrogen-bond acceptors (Lipinski definition) is 3. The van der Waals surface area contributed by atoms with Crippen LogP contribution in [0, 0.1) is 0 Å². The third-order valence-electron chi connectivity index (χ3n) is 4.30. The number of benzene rings is 1. The zero-order valence-corrected chi connectivity index (χ0v) is 12.1. The molecule has 0 atom stereocenters. The van der Waals surface area contributed by atoms with Crippen LogP contribution in [0.15, 0.2) is 18.2 Å². The predicted molar refractivity (Wildman–Crippen MR) is 80.4 cm³/mol. The first-order valence-corrected chi connectivity index (χ1v) is 7.13. The molecule has 0 aliphatic carbocycles. The summed E-state index contributed by atoms with van der Waals surface area (Å²) in [6.07, 6.45) is 4.06. The van der Waals surface area contributed by atoms with Crippen LogP contribution in [-0.4, -0.2) is 49.9 Å². The smallest absolute Gasteiger partial charge is 0.117 e. The van der Waals surface area contributed by atoms with E-state index >= 15 is 0 Å². The van der Waals surface area contributed by atoms with Crippen molar-refractivity contribution in [2.24, 2.45) is 0 Å². The molecule has 0 aromatic heterocycles. The van der Waals surface area contributed by atoms with Crippen molar-refractivity contribution >= 4 is 11.4 Å². The minimum absolute atomic E-state index is 0.273. The first-order chi connectivity index (χ1) is 9.00. The second kappa shape index (κ2) is 5.70. The highest BCUT2D eigenvalue weighted by Crippen LogP contribution is 2.27. The number of nitrogens with two attached hydrogens (primary N) is 1. The lowest BCUT2D eigenvalue weighted by atomic mass is 10.1. The molecule has 0 amide bonds. The molecule has 0 bridgehead atoms. The Balaban J connectivity index is 1.97. The fourth-order valence-corrected chi connectivity index (χ4v) is 2.87. The van der Waals surface area contributed by atoms with Gasteiger partial charge in [0.05, 0.1) is 44.6 Å². The number of nitrogens with zero attached hydrogens (tertiary/aromatic N) is 2. The Hall–Kier alpha value is -1.42. The van der Waals surface area contributed by atoms with Crippen LogP contribution in [-0.2, 0) is 0 Å². The third kappa shape index (κ3) is 3.53. The van der Waals surface area contributed by atoms with Gasteiger partial charge in [0, 0.05) is 13.1 Å². The monoisotopic (exact) mass is 264 g/mol. The van der Waals surface area contributed by atoms with Crippen molar-refractivity contribution in [3.63, 3.8) is 0 Å². The number of aromatic hydroxyl groups is 1. The molecule has 19 heavy (non-hydrogen) atoms. The van der Waals surface area contributed by atoms with Gasteiger partial charge in [-0.2, -0.15) is 0 Å². The topological polar surface area (TPSA) is 49.5 Å². The minimum atomic E-state index is 0.273. The molecule has 0 spiro atoms. The zero-order chi connectivity index (χ0) is 13.9. The van der Waals surface area contributed by atoms with Gasteiger partial charge in [0.15, 0.2) is 0 Å². The molecule has 2 rings (SSSR count). The first kappa shape index (κ1) is 14.0. The number of phenolic OH excluding ortho intramolecular Hbond substituents is 1. The van der Waals surface area contributed by atoms with E-state index in [0.29, 0.717) is 0 Å². The fraction of sp³-hybridized carbons (Fsp3) is 0.600. The number of piperidine rings is 1. The Labute approximate surface area is 116 Å². The van der Waals surface area contributed by atoms with Crippen molar-refractivity contribution in [3.8, 4) is 5.75 Å². The first-order valence-electron chi connectivity index (χ1n) is 7.13. The van der Waals surface area contributed by atoms with Crippen molar-refractivity contribution < 1.29 is 9.59 Å². The van der Waals surface area contributed by atoms with E-state index in [1.165, 1.54) is 32.4 Å². The molecule has 4 nitrogen and oxygen atoms in total. The number of quaternary nitrogens is 1. The average molecular weight is 264 g/mol. The predicted octanol–water partition coefficient (Wildman–Crippen LogP) is 2.04. The molecule has 1 fully saturated rings. The molecule has 3 N–H and O–H groups in total. The van der Waals surface area contributed by atoms with Gasteiger partial charge in [0.2, 0.25) is 0 Å². The van der Waals surface area contributed by atoms with E-state index in [-0.39, 0.29) is 5.75 Å². The molecule has 0 saturated carbocycles. The SMILES string of the molecule is CN(CC[N+]1(C)CCCCC1)c1cc(O)ccc1N. The van der Waals surface area contributed by atoms with E-state index in [4.69, 9.17) is 5.73 Å². The van der Waals surface area contributed by atoms with Crippen molar-refractivity contribution in [1.82, 2.24) is 0 Å². The maximum absolute atomic E-state index is 9.57. The Morgan fingerprint density at radius 1 is 1.26 bits per heavy atom. The quantitative estimate of drug-likeness (QED) is 0.497. The van der Waals surface area contributed by atoms with E-state index in [1.807, 2.05) is 7.05 Å². The lowest BCUT2D eigenvalue weighted by Gasteiger charge is -2.39. The number of nitrogen functional groups attached to an aromatic ring is 1. The Kier molecular flexibility index (Phi) is 4.20. The summed E-state index contributed by atoms with van der Waals surface area (Å²) in [7, 11) is 4.39. The number of hydrogen-bond donors (Lipinski definition) is 2. The van der Waals surface area contributed by atoms with Gasteiger partial charge in [-0.05, 0) is 31.4 Å². The molecule has 1 saturated heterocycles. The van der Waals surface area contributed by atoms with Crippen LogP contribution >= 0.6 is 0 Å². The molecule has 1 aromatic rings. The van der Waals surface area contributed by atoms with Gasteiger partial charge in [-0.15, -0.1) is 0 Å². The van der Waals surface area contributed by atoms with E-state index < -0.39 is 0 Å². The lowest BCUT2D eigenvalue weighted by molar-refractivity contribution is -0.912. The van der Waals surface area contributed by atoms with Crippen molar-refractivity contribution in [3.05, 3.63) is 18.2 Å². The molecule has 1 heterocycles. The number of phenols is 1. The Morgan fingerprint density at radius 2 is 1.95 bits per heavy atom. The molecular formula is C15H26N3O+. The summed E-state index contributed by atoms with van der Waals surface area (Å²) >= 11 is 0. The van der Waals surface area contributed by atoms with Gasteiger partial charge in [-0.1, -0.05) is 0 Å². The van der Waals surface area contributed by atoms with E-state index in [2.05, 4.69) is 11.9 Å². The lowest BCUT2D eigenvalue weighted by Crippen LogP contribution is -2.51. The van der Waals surface area contributed by atoms with E-state index in [9.17, 15) is 5.11 Å². The average Bonchev–Trinajstić information content (AvgIpc) is 2.40. The van der Waals surface area contributed by atoms with Crippen LogP contribution < -0.4 is 10.6 Å². The molecule has 0 radical (unpaired) electrons. The standard InChI is InChI=1S/C15H25N3O/c1-17(15-12-13(19)6-7-14(15)16)8-11-18(2)9-4-3-5-10-18/h6-7,12H,3-5,8-11,16H2,1-2H3/p+1. The molecule has 1 aliphatic rings. The molecule has 106 valence electrons. The summed E-state index contributed by atoms with van der Waals surface area (Å²) in [5.74, 6) is 0.273. The van der Waals surface area contributed by atoms with Crippen molar-refractivity contribution in [2.45, 2.75) is 19.3 Å². The van der Waals surface area contributed by atoms with E-state index in [0.717, 1.165) is 28.9 Å². The second-order valence-corrected chi connectivity index (χ2v) is 6.02. The summed E-state index contributed by atoms with van der Waals surface area (Å²) in [4.78, 5) is 2.15. The molecule has 0 unspecified atom stereocenters. The number of rotatable bonds is 4. The molecule has 1 aromatic carbocycles. The summed E-state index contributed by atoms with van der Waals surface area (Å²) in [5.41, 5.74) is 7.62. The fourth-order valence-electron chi connectivity index (χ4n) is 2.87. The zero-order valence-electron chi connectivity index (χ0n) is 12.1. The largest absolute Gasteiger partial charge is 0.508 e. The highest BCUT2D eigenvalue weighted by atomic mass is 16.3.